The van der Waals surface area contributed by atoms with Crippen molar-refractivity contribution in [2.75, 3.05) is 5.32 Å². The highest BCUT2D eigenvalue weighted by Gasteiger charge is 2.16. The first kappa shape index (κ1) is 20.8. The van der Waals surface area contributed by atoms with Gasteiger partial charge in [0.05, 0.1) is 17.7 Å². The number of carbonyl (C=O) groups excluding carboxylic acids is 1. The molecule has 0 aliphatic rings. The van der Waals surface area contributed by atoms with Gasteiger partial charge in [-0.3, -0.25) is 4.79 Å². The lowest BCUT2D eigenvalue weighted by Crippen LogP contribution is -2.23. The zero-order valence-electron chi connectivity index (χ0n) is 17.0. The number of fused-ring (bicyclic) bond motifs is 1. The van der Waals surface area contributed by atoms with E-state index in [1.807, 2.05) is 13.8 Å². The number of nitrogens with zero attached hydrogens (tertiary/aromatic N) is 1. The van der Waals surface area contributed by atoms with E-state index in [-0.39, 0.29) is 23.3 Å². The maximum Gasteiger partial charge on any atom is 0.255 e. The number of sulfonamides is 1. The summed E-state index contributed by atoms with van der Waals surface area (Å²) in [6, 6.07) is 14.3. The molecular formula is C22H21N3O5S. The Labute approximate surface area is 179 Å². The van der Waals surface area contributed by atoms with E-state index in [9.17, 15) is 13.2 Å². The van der Waals surface area contributed by atoms with E-state index in [1.165, 1.54) is 30.5 Å². The Kier molecular flexibility index (Phi) is 5.62. The normalized spacial score (nSPS) is 11.8. The standard InChI is InChI=1S/C22H21N3O5S/c1-14(2)22-25-19-12-16(7-10-20(19)30-22)24-21(26)15-5-8-18(9-6-15)31(27,28)23-13-17-4-3-11-29-17/h3-12,14,23H,13H2,1-2H3,(H,24,26). The molecular weight excluding hydrogens is 418 g/mol. The van der Waals surface area contributed by atoms with Gasteiger partial charge in [-0.25, -0.2) is 18.1 Å². The molecule has 2 heterocycles. The summed E-state index contributed by atoms with van der Waals surface area (Å²) in [4.78, 5) is 17.1. The van der Waals surface area contributed by atoms with Gasteiger partial charge >= 0.3 is 0 Å². The molecule has 0 saturated heterocycles. The van der Waals surface area contributed by atoms with Crippen LogP contribution in [0.3, 0.4) is 0 Å². The van der Waals surface area contributed by atoms with Gasteiger partial charge in [-0.05, 0) is 54.6 Å². The summed E-state index contributed by atoms with van der Waals surface area (Å²) in [6.45, 7) is 4.02. The maximum atomic E-state index is 12.6. The van der Waals surface area contributed by atoms with E-state index in [0.29, 0.717) is 34.0 Å². The minimum atomic E-state index is -3.73. The molecule has 0 aliphatic carbocycles. The summed E-state index contributed by atoms with van der Waals surface area (Å²) >= 11 is 0. The third-order valence-electron chi connectivity index (χ3n) is 4.60. The number of benzene rings is 2. The molecule has 0 atom stereocenters. The molecule has 1 amide bonds. The fourth-order valence-corrected chi connectivity index (χ4v) is 3.91. The molecule has 0 spiro atoms. The van der Waals surface area contributed by atoms with Crippen LogP contribution in [0.15, 0.2) is 74.6 Å². The molecule has 2 aromatic carbocycles. The summed E-state index contributed by atoms with van der Waals surface area (Å²) in [6.07, 6.45) is 1.47. The lowest BCUT2D eigenvalue weighted by molar-refractivity contribution is 0.102. The van der Waals surface area contributed by atoms with Gasteiger partial charge in [-0.2, -0.15) is 0 Å². The fourth-order valence-electron chi connectivity index (χ4n) is 2.92. The number of aromatic nitrogens is 1. The predicted octanol–water partition coefficient (Wildman–Crippen LogP) is 4.28. The van der Waals surface area contributed by atoms with E-state index in [0.717, 1.165) is 0 Å². The van der Waals surface area contributed by atoms with Gasteiger partial charge in [0.2, 0.25) is 10.0 Å². The van der Waals surface area contributed by atoms with Gasteiger partial charge in [0.15, 0.2) is 11.5 Å². The van der Waals surface area contributed by atoms with Crippen LogP contribution in [-0.4, -0.2) is 19.3 Å². The first-order chi connectivity index (χ1) is 14.8. The number of furan rings is 1. The molecule has 4 aromatic rings. The number of nitrogens with one attached hydrogen (secondary N) is 2. The van der Waals surface area contributed by atoms with Crippen molar-refractivity contribution in [3.05, 3.63) is 78.1 Å². The molecule has 0 saturated carbocycles. The van der Waals surface area contributed by atoms with Gasteiger partial charge in [0.25, 0.3) is 5.91 Å². The van der Waals surface area contributed by atoms with Crippen molar-refractivity contribution >= 4 is 32.7 Å². The Morgan fingerprint density at radius 3 is 2.55 bits per heavy atom. The van der Waals surface area contributed by atoms with Gasteiger partial charge in [0, 0.05) is 17.2 Å². The van der Waals surface area contributed by atoms with Crippen molar-refractivity contribution in [3.63, 3.8) is 0 Å². The molecule has 160 valence electrons. The lowest BCUT2D eigenvalue weighted by Gasteiger charge is -2.08. The number of oxazole rings is 1. The minimum absolute atomic E-state index is 0.0423. The first-order valence-electron chi connectivity index (χ1n) is 9.66. The Hall–Kier alpha value is -3.43. The van der Waals surface area contributed by atoms with Crippen LogP contribution in [0.4, 0.5) is 5.69 Å². The number of hydrogen-bond donors (Lipinski definition) is 2. The minimum Gasteiger partial charge on any atom is -0.468 e. The van der Waals surface area contributed by atoms with Crippen molar-refractivity contribution in [2.24, 2.45) is 0 Å². The molecule has 31 heavy (non-hydrogen) atoms. The molecule has 2 N–H and O–H groups in total. The molecule has 0 radical (unpaired) electrons. The van der Waals surface area contributed by atoms with E-state index < -0.39 is 10.0 Å². The van der Waals surface area contributed by atoms with Crippen LogP contribution in [0.2, 0.25) is 0 Å². The third kappa shape index (κ3) is 4.68. The van der Waals surface area contributed by atoms with Crippen molar-refractivity contribution in [1.82, 2.24) is 9.71 Å². The molecule has 0 bridgehead atoms. The Morgan fingerprint density at radius 2 is 1.87 bits per heavy atom. The maximum absolute atomic E-state index is 12.6. The van der Waals surface area contributed by atoms with Crippen molar-refractivity contribution < 1.29 is 22.0 Å². The third-order valence-corrected chi connectivity index (χ3v) is 6.02. The Balaban J connectivity index is 1.45. The fraction of sp³-hybridized carbons (Fsp3) is 0.182. The van der Waals surface area contributed by atoms with Crippen LogP contribution in [0, 0.1) is 0 Å². The second-order valence-electron chi connectivity index (χ2n) is 7.27. The summed E-state index contributed by atoms with van der Waals surface area (Å²) < 4.78 is 38.1. The largest absolute Gasteiger partial charge is 0.468 e. The van der Waals surface area contributed by atoms with Crippen molar-refractivity contribution in [3.8, 4) is 0 Å². The van der Waals surface area contributed by atoms with E-state index >= 15 is 0 Å². The Bertz CT molecular complexity index is 1310. The Morgan fingerprint density at radius 1 is 1.10 bits per heavy atom. The predicted molar refractivity (Wildman–Crippen MR) is 115 cm³/mol. The second kappa shape index (κ2) is 8.37. The highest BCUT2D eigenvalue weighted by atomic mass is 32.2. The summed E-state index contributed by atoms with van der Waals surface area (Å²) in [7, 11) is -3.73. The van der Waals surface area contributed by atoms with Crippen LogP contribution in [0.5, 0.6) is 0 Å². The number of amides is 1. The first-order valence-corrected chi connectivity index (χ1v) is 11.1. The summed E-state index contributed by atoms with van der Waals surface area (Å²) in [5.74, 6) is 0.938. The number of anilines is 1. The van der Waals surface area contributed by atoms with Crippen LogP contribution in [-0.2, 0) is 16.6 Å². The average Bonchev–Trinajstić information content (AvgIpc) is 3.42. The van der Waals surface area contributed by atoms with Crippen LogP contribution < -0.4 is 10.0 Å². The second-order valence-corrected chi connectivity index (χ2v) is 9.04. The van der Waals surface area contributed by atoms with Crippen molar-refractivity contribution in [1.29, 1.82) is 0 Å². The zero-order valence-corrected chi connectivity index (χ0v) is 17.8. The van der Waals surface area contributed by atoms with Gasteiger partial charge in [-0.1, -0.05) is 13.8 Å². The van der Waals surface area contributed by atoms with E-state index in [1.54, 1.807) is 30.3 Å². The molecule has 0 aliphatic heterocycles. The van der Waals surface area contributed by atoms with E-state index in [2.05, 4.69) is 15.0 Å². The smallest absolute Gasteiger partial charge is 0.255 e. The van der Waals surface area contributed by atoms with Gasteiger partial charge in [-0.15, -0.1) is 0 Å². The molecule has 0 unspecified atom stereocenters. The van der Waals surface area contributed by atoms with E-state index in [4.69, 9.17) is 8.83 Å². The topological polar surface area (TPSA) is 114 Å². The monoisotopic (exact) mass is 439 g/mol. The quantitative estimate of drug-likeness (QED) is 0.444. The SMILES string of the molecule is CC(C)c1nc2cc(NC(=O)c3ccc(S(=O)(=O)NCc4ccco4)cc3)ccc2o1. The van der Waals surface area contributed by atoms with Crippen LogP contribution in [0.25, 0.3) is 11.1 Å². The van der Waals surface area contributed by atoms with Crippen LogP contribution in [0.1, 0.15) is 41.8 Å². The lowest BCUT2D eigenvalue weighted by atomic mass is 10.2. The number of carbonyl (C=O) groups is 1. The summed E-state index contributed by atoms with van der Waals surface area (Å²) in [5, 5.41) is 2.79. The molecule has 0 fully saturated rings. The number of rotatable bonds is 7. The molecule has 9 heteroatoms. The molecule has 8 nitrogen and oxygen atoms in total. The molecule has 2 aromatic heterocycles. The van der Waals surface area contributed by atoms with Crippen LogP contribution >= 0.6 is 0 Å². The van der Waals surface area contributed by atoms with Gasteiger partial charge in [0.1, 0.15) is 11.3 Å². The average molecular weight is 439 g/mol. The highest BCUT2D eigenvalue weighted by molar-refractivity contribution is 7.89. The highest BCUT2D eigenvalue weighted by Crippen LogP contribution is 2.24. The number of hydrogen-bond acceptors (Lipinski definition) is 6. The zero-order chi connectivity index (χ0) is 22.0. The molecule has 4 rings (SSSR count). The van der Waals surface area contributed by atoms with Crippen molar-refractivity contribution in [2.45, 2.75) is 31.2 Å². The van der Waals surface area contributed by atoms with Gasteiger partial charge < -0.3 is 14.2 Å². The summed E-state index contributed by atoms with van der Waals surface area (Å²) in [5.41, 5.74) is 2.20.